The summed E-state index contributed by atoms with van der Waals surface area (Å²) in [6.45, 7) is 6.07. The van der Waals surface area contributed by atoms with E-state index in [1.165, 1.54) is 16.0 Å². The summed E-state index contributed by atoms with van der Waals surface area (Å²) in [5, 5.41) is 15.9. The zero-order valence-corrected chi connectivity index (χ0v) is 17.3. The molecule has 0 aliphatic carbocycles. The largest absolute Gasteiger partial charge is 0.391 e. The molecule has 0 radical (unpaired) electrons. The van der Waals surface area contributed by atoms with Gasteiger partial charge in [-0.2, -0.15) is 0 Å². The summed E-state index contributed by atoms with van der Waals surface area (Å²) in [5.74, 6) is 0.834. The molecule has 1 saturated heterocycles. The lowest BCUT2D eigenvalue weighted by atomic mass is 10.1. The quantitative estimate of drug-likeness (QED) is 0.644. The number of aliphatic hydroxyl groups excluding tert-OH is 1. The summed E-state index contributed by atoms with van der Waals surface area (Å²) >= 11 is 1.80. The van der Waals surface area contributed by atoms with E-state index in [9.17, 15) is 9.90 Å². The molecule has 0 saturated carbocycles. The summed E-state index contributed by atoms with van der Waals surface area (Å²) in [5.41, 5.74) is 4.34. The zero-order valence-electron chi connectivity index (χ0n) is 15.7. The van der Waals surface area contributed by atoms with Crippen LogP contribution in [0.5, 0.6) is 0 Å². The van der Waals surface area contributed by atoms with Gasteiger partial charge in [0.1, 0.15) is 0 Å². The highest BCUT2D eigenvalue weighted by molar-refractivity contribution is 7.98. The van der Waals surface area contributed by atoms with E-state index in [1.54, 1.807) is 11.8 Å². The molecule has 1 heterocycles. The van der Waals surface area contributed by atoms with Gasteiger partial charge < -0.3 is 15.7 Å². The Labute approximate surface area is 171 Å². The number of carbonyl (C=O) groups excluding carboxylic acids is 1. The lowest BCUT2D eigenvalue weighted by molar-refractivity contribution is 0.0927. The second kappa shape index (κ2) is 10.1. The van der Waals surface area contributed by atoms with Crippen LogP contribution in [-0.2, 0) is 5.75 Å². The minimum Gasteiger partial charge on any atom is -0.391 e. The molecule has 2 aromatic carbocycles. The van der Waals surface area contributed by atoms with Gasteiger partial charge in [0.2, 0.25) is 0 Å². The van der Waals surface area contributed by atoms with Crippen LogP contribution in [0.3, 0.4) is 0 Å². The van der Waals surface area contributed by atoms with E-state index < -0.39 is 0 Å². The lowest BCUT2D eigenvalue weighted by Crippen LogP contribution is -2.34. The van der Waals surface area contributed by atoms with Crippen molar-refractivity contribution in [1.29, 1.82) is 0 Å². The van der Waals surface area contributed by atoms with Gasteiger partial charge >= 0.3 is 0 Å². The van der Waals surface area contributed by atoms with Crippen LogP contribution in [0.4, 0.5) is 0 Å². The van der Waals surface area contributed by atoms with Gasteiger partial charge in [-0.05, 0) is 43.2 Å². The lowest BCUT2D eigenvalue weighted by Gasteiger charge is -2.14. The summed E-state index contributed by atoms with van der Waals surface area (Å²) < 4.78 is 0. The highest BCUT2D eigenvalue weighted by atomic mass is 35.5. The molecule has 3 N–H and O–H groups in total. The number of hydrogen-bond acceptors (Lipinski definition) is 4. The Morgan fingerprint density at radius 1 is 1.22 bits per heavy atom. The third-order valence-corrected chi connectivity index (χ3v) is 5.98. The topological polar surface area (TPSA) is 61.4 Å². The molecule has 0 bridgehead atoms. The van der Waals surface area contributed by atoms with E-state index in [1.807, 2.05) is 18.2 Å². The van der Waals surface area contributed by atoms with Gasteiger partial charge in [0.15, 0.2) is 0 Å². The third kappa shape index (κ3) is 5.98. The van der Waals surface area contributed by atoms with E-state index in [-0.39, 0.29) is 30.3 Å². The first kappa shape index (κ1) is 21.8. The molecule has 146 valence electrons. The SMILES string of the molecule is Cc1ccc(C)c(SCc2cccc(C(=O)NCC3CNCC3O)c2)c1.Cl. The van der Waals surface area contributed by atoms with Crippen molar-refractivity contribution in [3.8, 4) is 0 Å². The average Bonchev–Trinajstić information content (AvgIpc) is 3.05. The molecular weight excluding hydrogens is 380 g/mol. The molecular formula is C21H27ClN2O2S. The molecule has 3 rings (SSSR count). The summed E-state index contributed by atoms with van der Waals surface area (Å²) in [7, 11) is 0. The van der Waals surface area contributed by atoms with Crippen molar-refractivity contribution < 1.29 is 9.90 Å². The monoisotopic (exact) mass is 406 g/mol. The van der Waals surface area contributed by atoms with Crippen molar-refractivity contribution in [1.82, 2.24) is 10.6 Å². The van der Waals surface area contributed by atoms with Crippen LogP contribution in [0.15, 0.2) is 47.4 Å². The Balaban J connectivity index is 0.00000261. The Kier molecular flexibility index (Phi) is 8.17. The maximum absolute atomic E-state index is 12.4. The molecule has 0 aromatic heterocycles. The van der Waals surface area contributed by atoms with Crippen LogP contribution in [0, 0.1) is 19.8 Å². The predicted molar refractivity (Wildman–Crippen MR) is 114 cm³/mol. The average molecular weight is 407 g/mol. The number of halogens is 1. The fraction of sp³-hybridized carbons (Fsp3) is 0.381. The van der Waals surface area contributed by atoms with Crippen molar-refractivity contribution in [2.24, 2.45) is 5.92 Å². The van der Waals surface area contributed by atoms with Gasteiger partial charge in [-0.25, -0.2) is 0 Å². The molecule has 4 nitrogen and oxygen atoms in total. The van der Waals surface area contributed by atoms with E-state index in [4.69, 9.17) is 0 Å². The molecule has 1 amide bonds. The summed E-state index contributed by atoms with van der Waals surface area (Å²) in [6.07, 6.45) is -0.379. The smallest absolute Gasteiger partial charge is 0.251 e. The molecule has 1 aliphatic heterocycles. The number of carbonyl (C=O) groups is 1. The maximum Gasteiger partial charge on any atom is 0.251 e. The van der Waals surface area contributed by atoms with Gasteiger partial charge in [0.25, 0.3) is 5.91 Å². The van der Waals surface area contributed by atoms with Gasteiger partial charge in [0.05, 0.1) is 6.10 Å². The first-order valence-electron chi connectivity index (χ1n) is 8.99. The molecule has 0 spiro atoms. The Morgan fingerprint density at radius 2 is 2.04 bits per heavy atom. The van der Waals surface area contributed by atoms with Gasteiger partial charge in [-0.3, -0.25) is 4.79 Å². The Hall–Kier alpha value is -1.53. The van der Waals surface area contributed by atoms with Gasteiger partial charge in [-0.15, -0.1) is 24.2 Å². The maximum atomic E-state index is 12.4. The number of aryl methyl sites for hydroxylation is 2. The first-order chi connectivity index (χ1) is 12.5. The first-order valence-corrected chi connectivity index (χ1v) is 9.97. The second-order valence-electron chi connectivity index (χ2n) is 6.95. The third-order valence-electron chi connectivity index (χ3n) is 4.76. The van der Waals surface area contributed by atoms with Crippen LogP contribution in [0.25, 0.3) is 0 Å². The van der Waals surface area contributed by atoms with Crippen molar-refractivity contribution >= 4 is 30.1 Å². The number of amides is 1. The highest BCUT2D eigenvalue weighted by Crippen LogP contribution is 2.27. The summed E-state index contributed by atoms with van der Waals surface area (Å²) in [6, 6.07) is 14.3. The van der Waals surface area contributed by atoms with Crippen molar-refractivity contribution in [2.75, 3.05) is 19.6 Å². The van der Waals surface area contributed by atoms with Crippen molar-refractivity contribution in [2.45, 2.75) is 30.6 Å². The number of nitrogens with one attached hydrogen (secondary N) is 2. The van der Waals surface area contributed by atoms with Crippen LogP contribution in [-0.4, -0.2) is 36.8 Å². The second-order valence-corrected chi connectivity index (χ2v) is 7.97. The number of rotatable bonds is 6. The van der Waals surface area contributed by atoms with Gasteiger partial charge in [-0.1, -0.05) is 29.8 Å². The van der Waals surface area contributed by atoms with E-state index in [2.05, 4.69) is 48.7 Å². The standard InChI is InChI=1S/C21H26N2O2S.ClH/c1-14-6-7-15(2)20(8-14)26-13-16-4-3-5-17(9-16)21(25)23-11-18-10-22-12-19(18)24;/h3-9,18-19,22,24H,10-13H2,1-2H3,(H,23,25);1H. The number of aliphatic hydroxyl groups is 1. The van der Waals surface area contributed by atoms with E-state index in [0.29, 0.717) is 18.7 Å². The molecule has 2 unspecified atom stereocenters. The number of benzene rings is 2. The van der Waals surface area contributed by atoms with Crippen LogP contribution in [0.2, 0.25) is 0 Å². The molecule has 2 aromatic rings. The minimum atomic E-state index is -0.379. The fourth-order valence-electron chi connectivity index (χ4n) is 3.08. The van der Waals surface area contributed by atoms with E-state index >= 15 is 0 Å². The normalized spacial score (nSPS) is 18.8. The highest BCUT2D eigenvalue weighted by Gasteiger charge is 2.25. The van der Waals surface area contributed by atoms with Crippen LogP contribution < -0.4 is 10.6 Å². The molecule has 1 aliphatic rings. The van der Waals surface area contributed by atoms with E-state index in [0.717, 1.165) is 17.9 Å². The fourth-order valence-corrected chi connectivity index (χ4v) is 4.15. The Morgan fingerprint density at radius 3 is 2.78 bits per heavy atom. The predicted octanol–water partition coefficient (Wildman–Crippen LogP) is 3.33. The molecule has 1 fully saturated rings. The number of thioether (sulfide) groups is 1. The Bertz CT molecular complexity index is 785. The summed E-state index contributed by atoms with van der Waals surface area (Å²) in [4.78, 5) is 13.7. The molecule has 6 heteroatoms. The van der Waals surface area contributed by atoms with Crippen LogP contribution in [0.1, 0.15) is 27.0 Å². The minimum absolute atomic E-state index is 0. The molecule has 27 heavy (non-hydrogen) atoms. The van der Waals surface area contributed by atoms with Crippen LogP contribution >= 0.6 is 24.2 Å². The number of hydrogen-bond donors (Lipinski definition) is 3. The number of β-amino-alcohol motifs (C(OH)–C–C–N with tert-alkyl or cyclic N) is 1. The molecule has 2 atom stereocenters. The zero-order chi connectivity index (χ0) is 18.5. The van der Waals surface area contributed by atoms with Crippen molar-refractivity contribution in [3.63, 3.8) is 0 Å². The van der Waals surface area contributed by atoms with Crippen molar-refractivity contribution in [3.05, 3.63) is 64.7 Å². The van der Waals surface area contributed by atoms with Gasteiger partial charge in [0, 0.05) is 41.8 Å².